The fourth-order valence-electron chi connectivity index (χ4n) is 3.00. The fraction of sp³-hybridized carbons (Fsp3) is 0.263. The van der Waals surface area contributed by atoms with Crippen LogP contribution in [-0.2, 0) is 6.18 Å². The lowest BCUT2D eigenvalue weighted by molar-refractivity contribution is -0.137. The number of carboxylic acids is 1. The van der Waals surface area contributed by atoms with Gasteiger partial charge in [0.1, 0.15) is 11.6 Å². The number of aromatic nitrogens is 1. The third kappa shape index (κ3) is 4.45. The molecule has 1 fully saturated rings. The first-order valence-corrected chi connectivity index (χ1v) is 8.24. The van der Waals surface area contributed by atoms with Crippen LogP contribution in [0.2, 0.25) is 0 Å². The number of carbonyl (C=O) groups is 1. The van der Waals surface area contributed by atoms with Gasteiger partial charge in [0, 0.05) is 19.3 Å². The normalized spacial score (nSPS) is 15.0. The van der Waals surface area contributed by atoms with Gasteiger partial charge in [-0.1, -0.05) is 11.6 Å². The Kier molecular flexibility index (Phi) is 5.16. The van der Waals surface area contributed by atoms with Crippen LogP contribution in [0.4, 0.5) is 23.4 Å². The van der Waals surface area contributed by atoms with Crippen molar-refractivity contribution in [2.75, 3.05) is 18.0 Å². The highest BCUT2D eigenvalue weighted by Crippen LogP contribution is 2.34. The molecule has 1 aliphatic rings. The Morgan fingerprint density at radius 2 is 1.85 bits per heavy atom. The summed E-state index contributed by atoms with van der Waals surface area (Å²) in [6.45, 7) is 1.06. The fourth-order valence-corrected chi connectivity index (χ4v) is 3.00. The molecule has 0 bridgehead atoms. The first-order valence-electron chi connectivity index (χ1n) is 8.24. The quantitative estimate of drug-likeness (QED) is 0.790. The highest BCUT2D eigenvalue weighted by molar-refractivity contribution is 5.87. The molecule has 4 nitrogen and oxygen atoms in total. The van der Waals surface area contributed by atoms with Crippen molar-refractivity contribution >= 4 is 17.9 Å². The number of aromatic carboxylic acids is 1. The van der Waals surface area contributed by atoms with Crippen molar-refractivity contribution in [2.24, 2.45) is 0 Å². The van der Waals surface area contributed by atoms with Crippen molar-refractivity contribution < 1.29 is 27.5 Å². The predicted octanol–water partition coefficient (Wildman–Crippen LogP) is 4.62. The molecule has 1 saturated heterocycles. The summed E-state index contributed by atoms with van der Waals surface area (Å²) < 4.78 is 52.7. The van der Waals surface area contributed by atoms with E-state index in [1.54, 1.807) is 6.07 Å². The van der Waals surface area contributed by atoms with Gasteiger partial charge in [-0.3, -0.25) is 0 Å². The smallest absolute Gasteiger partial charge is 0.416 e. The largest absolute Gasteiger partial charge is 0.478 e. The predicted molar refractivity (Wildman–Crippen MR) is 92.0 cm³/mol. The molecule has 0 spiro atoms. The zero-order valence-corrected chi connectivity index (χ0v) is 14.1. The van der Waals surface area contributed by atoms with Crippen LogP contribution in [0.3, 0.4) is 0 Å². The number of alkyl halides is 3. The summed E-state index contributed by atoms with van der Waals surface area (Å²) in [7, 11) is 0. The third-order valence-electron chi connectivity index (χ3n) is 4.40. The molecular formula is C19H16F4N2O2. The van der Waals surface area contributed by atoms with Crippen LogP contribution in [0, 0.1) is 5.82 Å². The van der Waals surface area contributed by atoms with Crippen molar-refractivity contribution in [3.05, 3.63) is 64.6 Å². The summed E-state index contributed by atoms with van der Waals surface area (Å²) >= 11 is 0. The molecule has 0 unspecified atom stereocenters. The van der Waals surface area contributed by atoms with Gasteiger partial charge in [-0.15, -0.1) is 0 Å². The van der Waals surface area contributed by atoms with Gasteiger partial charge in [-0.25, -0.2) is 14.2 Å². The summed E-state index contributed by atoms with van der Waals surface area (Å²) in [5.41, 5.74) is -0.147. The van der Waals surface area contributed by atoms with Crippen LogP contribution in [0.25, 0.3) is 6.08 Å². The topological polar surface area (TPSA) is 53.4 Å². The maximum absolute atomic E-state index is 13.4. The molecule has 27 heavy (non-hydrogen) atoms. The van der Waals surface area contributed by atoms with Crippen LogP contribution in [-0.4, -0.2) is 29.1 Å². The van der Waals surface area contributed by atoms with Crippen molar-refractivity contribution in [1.82, 2.24) is 4.98 Å². The van der Waals surface area contributed by atoms with Gasteiger partial charge in [0.2, 0.25) is 0 Å². The van der Waals surface area contributed by atoms with Crippen molar-refractivity contribution in [2.45, 2.75) is 19.0 Å². The van der Waals surface area contributed by atoms with E-state index in [1.165, 1.54) is 18.3 Å². The summed E-state index contributed by atoms with van der Waals surface area (Å²) in [5.74, 6) is -1.16. The van der Waals surface area contributed by atoms with E-state index in [1.807, 2.05) is 4.90 Å². The molecular weight excluding hydrogens is 364 g/mol. The number of anilines is 1. The van der Waals surface area contributed by atoms with E-state index in [0.29, 0.717) is 31.7 Å². The molecule has 0 amide bonds. The van der Waals surface area contributed by atoms with Crippen LogP contribution in [0.1, 0.15) is 34.3 Å². The Labute approximate surface area is 152 Å². The Balaban J connectivity index is 1.74. The van der Waals surface area contributed by atoms with Crippen LogP contribution in [0.5, 0.6) is 0 Å². The summed E-state index contributed by atoms with van der Waals surface area (Å²) in [6.07, 6.45) is -0.849. The number of pyridine rings is 1. The maximum Gasteiger partial charge on any atom is 0.416 e. The standard InChI is InChI=1S/C19H16F4N2O2/c20-15-2-3-16(19(21,22)23)14(10-15)9-12-5-7-25(8-6-12)17-4-1-13(11-24-17)18(26)27/h1-4,9-11H,5-8H2,(H,26,27). The Morgan fingerprint density at radius 3 is 2.41 bits per heavy atom. The minimum atomic E-state index is -4.55. The first-order chi connectivity index (χ1) is 12.7. The Bertz CT molecular complexity index is 866. The van der Waals surface area contributed by atoms with E-state index in [4.69, 9.17) is 5.11 Å². The van der Waals surface area contributed by atoms with Gasteiger partial charge >= 0.3 is 12.1 Å². The minimum absolute atomic E-state index is 0.0853. The molecule has 0 aliphatic carbocycles. The molecule has 1 N–H and O–H groups in total. The highest BCUT2D eigenvalue weighted by atomic mass is 19.4. The van der Waals surface area contributed by atoms with Gasteiger partial charge in [0.25, 0.3) is 0 Å². The third-order valence-corrected chi connectivity index (χ3v) is 4.40. The molecule has 0 radical (unpaired) electrons. The van der Waals surface area contributed by atoms with E-state index in [2.05, 4.69) is 4.98 Å². The second-order valence-corrected chi connectivity index (χ2v) is 6.23. The Morgan fingerprint density at radius 1 is 1.15 bits per heavy atom. The number of benzene rings is 1. The van der Waals surface area contributed by atoms with Gasteiger partial charge in [-0.2, -0.15) is 13.2 Å². The van der Waals surface area contributed by atoms with Crippen molar-refractivity contribution in [3.8, 4) is 0 Å². The number of rotatable bonds is 3. The molecule has 3 rings (SSSR count). The molecule has 1 aromatic carbocycles. The summed E-state index contributed by atoms with van der Waals surface area (Å²) in [4.78, 5) is 16.9. The second-order valence-electron chi connectivity index (χ2n) is 6.23. The SMILES string of the molecule is O=C(O)c1ccc(N2CCC(=Cc3cc(F)ccc3C(F)(F)F)CC2)nc1. The molecule has 0 saturated carbocycles. The first kappa shape index (κ1) is 18.9. The van der Waals surface area contributed by atoms with Gasteiger partial charge in [-0.05, 0) is 48.7 Å². The monoisotopic (exact) mass is 380 g/mol. The summed E-state index contributed by atoms with van der Waals surface area (Å²) in [5, 5.41) is 8.89. The lowest BCUT2D eigenvalue weighted by Crippen LogP contribution is -2.31. The molecule has 2 aromatic rings. The minimum Gasteiger partial charge on any atom is -0.478 e. The molecule has 0 atom stereocenters. The molecule has 2 heterocycles. The number of hydrogen-bond donors (Lipinski definition) is 1. The average Bonchev–Trinajstić information content (AvgIpc) is 2.61. The molecule has 8 heteroatoms. The lowest BCUT2D eigenvalue weighted by Gasteiger charge is -2.29. The van der Waals surface area contributed by atoms with Crippen LogP contribution >= 0.6 is 0 Å². The van der Waals surface area contributed by atoms with Crippen LogP contribution < -0.4 is 4.90 Å². The number of hydrogen-bond acceptors (Lipinski definition) is 3. The maximum atomic E-state index is 13.4. The van der Waals surface area contributed by atoms with E-state index in [0.717, 1.165) is 23.8 Å². The zero-order valence-electron chi connectivity index (χ0n) is 14.1. The van der Waals surface area contributed by atoms with Crippen molar-refractivity contribution in [3.63, 3.8) is 0 Å². The number of carboxylic acid groups (broad SMARTS) is 1. The van der Waals surface area contributed by atoms with Gasteiger partial charge in [0.15, 0.2) is 0 Å². The van der Waals surface area contributed by atoms with Gasteiger partial charge < -0.3 is 10.0 Å². The number of nitrogens with zero attached hydrogens (tertiary/aromatic N) is 2. The lowest BCUT2D eigenvalue weighted by atomic mass is 9.98. The van der Waals surface area contributed by atoms with E-state index in [9.17, 15) is 22.4 Å². The molecule has 142 valence electrons. The summed E-state index contributed by atoms with van der Waals surface area (Å²) in [6, 6.07) is 5.52. The number of halogens is 4. The average molecular weight is 380 g/mol. The van der Waals surface area contributed by atoms with E-state index in [-0.39, 0.29) is 11.1 Å². The molecule has 1 aromatic heterocycles. The highest BCUT2D eigenvalue weighted by Gasteiger charge is 2.33. The van der Waals surface area contributed by atoms with Crippen LogP contribution in [0.15, 0.2) is 42.1 Å². The van der Waals surface area contributed by atoms with Gasteiger partial charge in [0.05, 0.1) is 11.1 Å². The molecule has 1 aliphatic heterocycles. The zero-order chi connectivity index (χ0) is 19.6. The second kappa shape index (κ2) is 7.38. The van der Waals surface area contributed by atoms with E-state index >= 15 is 0 Å². The van der Waals surface area contributed by atoms with Crippen molar-refractivity contribution in [1.29, 1.82) is 0 Å². The number of piperidine rings is 1. The van der Waals surface area contributed by atoms with E-state index < -0.39 is 23.5 Å². The Hall–Kier alpha value is -2.90.